The molecule has 1 aliphatic heterocycles. The van der Waals surface area contributed by atoms with Crippen LogP contribution in [0.3, 0.4) is 0 Å². The van der Waals surface area contributed by atoms with Crippen LogP contribution in [0.1, 0.15) is 5.56 Å². The molecule has 0 aliphatic carbocycles. The lowest BCUT2D eigenvalue weighted by molar-refractivity contribution is -0.768. The van der Waals surface area contributed by atoms with Crippen molar-refractivity contribution in [2.75, 3.05) is 11.6 Å². The molecule has 0 radical (unpaired) electrons. The van der Waals surface area contributed by atoms with E-state index < -0.39 is 0 Å². The Morgan fingerprint density at radius 2 is 1.71 bits per heavy atom. The summed E-state index contributed by atoms with van der Waals surface area (Å²) in [6.45, 7) is 1.29. The highest BCUT2D eigenvalue weighted by atomic mass is 16.5. The molecule has 1 atom stereocenters. The molecule has 0 fully saturated rings. The van der Waals surface area contributed by atoms with Crippen molar-refractivity contribution in [3.05, 3.63) is 65.4 Å². The van der Waals surface area contributed by atoms with Crippen molar-refractivity contribution in [3.8, 4) is 0 Å². The van der Waals surface area contributed by atoms with Gasteiger partial charge in [-0.15, -0.1) is 0 Å². The number of hydrogen-bond donors (Lipinski definition) is 1. The van der Waals surface area contributed by atoms with Crippen molar-refractivity contribution in [1.29, 1.82) is 0 Å². The molecule has 3 nitrogen and oxygen atoms in total. The van der Waals surface area contributed by atoms with Gasteiger partial charge in [0.15, 0.2) is 12.4 Å². The number of hydrogen-bond acceptors (Lipinski definition) is 2. The van der Waals surface area contributed by atoms with Gasteiger partial charge in [0, 0.05) is 12.6 Å². The number of benzene rings is 2. The van der Waals surface area contributed by atoms with Gasteiger partial charge in [0.05, 0.1) is 0 Å². The van der Waals surface area contributed by atoms with E-state index in [2.05, 4.69) is 17.0 Å². The maximum Gasteiger partial charge on any atom is 0.157 e. The number of rotatable bonds is 2. The van der Waals surface area contributed by atoms with E-state index in [1.165, 1.54) is 5.56 Å². The second kappa shape index (κ2) is 4.20. The van der Waals surface area contributed by atoms with E-state index in [4.69, 9.17) is 0 Å². The maximum absolute atomic E-state index is 11.8. The zero-order valence-electron chi connectivity index (χ0n) is 9.47. The summed E-state index contributed by atoms with van der Waals surface area (Å²) in [5, 5.41) is 12.0. The Hall–Kier alpha value is -1.84. The van der Waals surface area contributed by atoms with E-state index >= 15 is 0 Å². The number of anilines is 1. The Morgan fingerprint density at radius 3 is 2.53 bits per heavy atom. The number of nitrogens with zero attached hydrogens (tertiary/aromatic N) is 1. The van der Waals surface area contributed by atoms with E-state index in [9.17, 15) is 5.21 Å². The van der Waals surface area contributed by atoms with Gasteiger partial charge in [-0.05, 0) is 11.6 Å². The normalized spacial score (nSPS) is 18.2. The second-order valence-electron chi connectivity index (χ2n) is 4.28. The Bertz CT molecular complexity index is 513. The molecule has 3 heteroatoms. The van der Waals surface area contributed by atoms with Gasteiger partial charge in [-0.2, -0.15) is 0 Å². The van der Waals surface area contributed by atoms with Crippen molar-refractivity contribution in [3.63, 3.8) is 0 Å². The molecule has 1 N–H and O–H groups in total. The molecule has 17 heavy (non-hydrogen) atoms. The van der Waals surface area contributed by atoms with Crippen molar-refractivity contribution < 1.29 is 5.06 Å². The van der Waals surface area contributed by atoms with E-state index in [0.29, 0.717) is 6.67 Å². The van der Waals surface area contributed by atoms with E-state index in [1.807, 2.05) is 42.5 Å². The molecular weight excluding hydrogens is 212 g/mol. The van der Waals surface area contributed by atoms with Crippen molar-refractivity contribution in [2.45, 2.75) is 6.54 Å². The number of para-hydroxylation sites is 2. The summed E-state index contributed by atoms with van der Waals surface area (Å²) in [6.07, 6.45) is 0. The maximum atomic E-state index is 11.8. The fraction of sp³-hybridized carbons (Fsp3) is 0.143. The third kappa shape index (κ3) is 1.90. The highest BCUT2D eigenvalue weighted by molar-refractivity contribution is 5.65. The minimum absolute atomic E-state index is 0.219. The number of nitrogens with one attached hydrogen (secondary N) is 1. The molecule has 0 aromatic heterocycles. The largest absolute Gasteiger partial charge is 0.627 e. The second-order valence-corrected chi connectivity index (χ2v) is 4.28. The molecule has 0 saturated heterocycles. The third-order valence-electron chi connectivity index (χ3n) is 3.10. The van der Waals surface area contributed by atoms with Crippen LogP contribution in [0, 0.1) is 5.21 Å². The lowest BCUT2D eigenvalue weighted by Crippen LogP contribution is -3.01. The van der Waals surface area contributed by atoms with Crippen molar-refractivity contribution >= 4 is 11.4 Å². The first-order valence-corrected chi connectivity index (χ1v) is 5.76. The molecule has 1 unspecified atom stereocenters. The summed E-state index contributed by atoms with van der Waals surface area (Å²) in [5.74, 6) is 0. The van der Waals surface area contributed by atoms with E-state index in [-0.39, 0.29) is 5.06 Å². The highest BCUT2D eigenvalue weighted by Crippen LogP contribution is 2.26. The van der Waals surface area contributed by atoms with Crippen LogP contribution in [0.15, 0.2) is 54.6 Å². The van der Waals surface area contributed by atoms with Crippen molar-refractivity contribution in [2.24, 2.45) is 0 Å². The van der Waals surface area contributed by atoms with Gasteiger partial charge >= 0.3 is 0 Å². The predicted molar refractivity (Wildman–Crippen MR) is 67.9 cm³/mol. The monoisotopic (exact) mass is 226 g/mol. The molecule has 1 aliphatic rings. The first-order valence-electron chi connectivity index (χ1n) is 5.76. The first kappa shape index (κ1) is 10.3. The highest BCUT2D eigenvalue weighted by Gasteiger charge is 2.25. The topological polar surface area (TPSA) is 30.7 Å². The molecule has 3 rings (SSSR count). The molecule has 0 saturated carbocycles. The van der Waals surface area contributed by atoms with Crippen molar-refractivity contribution in [1.82, 2.24) is 0 Å². The number of quaternary nitrogens is 1. The Labute approximate surface area is 100 Å². The Balaban J connectivity index is 1.87. The summed E-state index contributed by atoms with van der Waals surface area (Å²) >= 11 is 0. The van der Waals surface area contributed by atoms with E-state index in [0.717, 1.165) is 17.9 Å². The van der Waals surface area contributed by atoms with Crippen LogP contribution < -0.4 is 9.96 Å². The first-order chi connectivity index (χ1) is 8.34. The molecule has 0 amide bonds. The van der Waals surface area contributed by atoms with Gasteiger partial charge < -0.3 is 15.2 Å². The zero-order chi connectivity index (χ0) is 11.7. The summed E-state index contributed by atoms with van der Waals surface area (Å²) in [7, 11) is 0. The van der Waals surface area contributed by atoms with Crippen LogP contribution in [0.25, 0.3) is 0 Å². The Kier molecular flexibility index (Phi) is 2.55. The molecule has 0 spiro atoms. The molecule has 1 heterocycles. The number of hydroxylamine groups is 1. The molecule has 86 valence electrons. The fourth-order valence-electron chi connectivity index (χ4n) is 2.27. The smallest absolute Gasteiger partial charge is 0.157 e. The minimum atomic E-state index is 0.219. The Morgan fingerprint density at radius 1 is 1.00 bits per heavy atom. The third-order valence-corrected chi connectivity index (χ3v) is 3.10. The predicted octanol–water partition coefficient (Wildman–Crippen LogP) is 1.68. The standard InChI is InChI=1S/C14H14N2O/c17-16-11-15(10-12-6-2-1-3-7-12)13-8-4-5-9-14(13)16/h1-9,16H,10-11H2. The summed E-state index contributed by atoms with van der Waals surface area (Å²) < 4.78 is 0. The van der Waals surface area contributed by atoms with Crippen LogP contribution in [0.4, 0.5) is 11.4 Å². The fourth-order valence-corrected chi connectivity index (χ4v) is 2.27. The summed E-state index contributed by atoms with van der Waals surface area (Å²) in [6, 6.07) is 18.1. The van der Waals surface area contributed by atoms with Crippen LogP contribution in [0.5, 0.6) is 0 Å². The van der Waals surface area contributed by atoms with Crippen LogP contribution in [-0.4, -0.2) is 6.67 Å². The number of fused-ring (bicyclic) bond motifs is 1. The average Bonchev–Trinajstić information content (AvgIpc) is 2.69. The van der Waals surface area contributed by atoms with Crippen LogP contribution in [-0.2, 0) is 6.54 Å². The summed E-state index contributed by atoms with van der Waals surface area (Å²) in [4.78, 5) is 2.13. The quantitative estimate of drug-likeness (QED) is 0.790. The van der Waals surface area contributed by atoms with Gasteiger partial charge in [0.1, 0.15) is 5.69 Å². The SMILES string of the molecule is [O-][NH+]1CN(Cc2ccccc2)c2ccccc21. The lowest BCUT2D eigenvalue weighted by Gasteiger charge is -2.18. The molecule has 0 bridgehead atoms. The van der Waals surface area contributed by atoms with Gasteiger partial charge in [0.25, 0.3) is 0 Å². The van der Waals surface area contributed by atoms with Gasteiger partial charge in [-0.25, -0.2) is 0 Å². The molecular formula is C14H14N2O. The molecule has 2 aromatic carbocycles. The van der Waals surface area contributed by atoms with E-state index in [1.54, 1.807) is 0 Å². The minimum Gasteiger partial charge on any atom is -0.627 e. The molecule has 2 aromatic rings. The summed E-state index contributed by atoms with van der Waals surface area (Å²) in [5.41, 5.74) is 3.14. The van der Waals surface area contributed by atoms with Crippen LogP contribution in [0.2, 0.25) is 0 Å². The van der Waals surface area contributed by atoms with Gasteiger partial charge in [0.2, 0.25) is 0 Å². The average molecular weight is 226 g/mol. The lowest BCUT2D eigenvalue weighted by atomic mass is 10.2. The van der Waals surface area contributed by atoms with Crippen LogP contribution >= 0.6 is 0 Å². The van der Waals surface area contributed by atoms with Gasteiger partial charge in [-0.3, -0.25) is 0 Å². The zero-order valence-corrected chi connectivity index (χ0v) is 9.47. The van der Waals surface area contributed by atoms with Gasteiger partial charge in [-0.1, -0.05) is 42.5 Å².